The lowest BCUT2D eigenvalue weighted by Gasteiger charge is -2.16. The van der Waals surface area contributed by atoms with Gasteiger partial charge >= 0.3 is 0 Å². The van der Waals surface area contributed by atoms with Gasteiger partial charge in [0.15, 0.2) is 0 Å². The first-order valence-electron chi connectivity index (χ1n) is 3.65. The summed E-state index contributed by atoms with van der Waals surface area (Å²) in [5.74, 6) is 0.989. The molecule has 1 atom stereocenters. The molecule has 0 aromatic carbocycles. The fourth-order valence-electron chi connectivity index (χ4n) is 1.14. The van der Waals surface area contributed by atoms with Crippen molar-refractivity contribution < 1.29 is 4.79 Å². The number of rotatable bonds is 2. The lowest BCUT2D eigenvalue weighted by molar-refractivity contribution is 0.222. The number of thioether (sulfide) groups is 1. The van der Waals surface area contributed by atoms with Crippen LogP contribution in [0.1, 0.15) is 19.8 Å². The van der Waals surface area contributed by atoms with E-state index < -0.39 is 0 Å². The molecule has 1 aliphatic heterocycles. The Morgan fingerprint density at radius 1 is 1.80 bits per heavy atom. The summed E-state index contributed by atoms with van der Waals surface area (Å²) in [6, 6.07) is 0.502. The quantitative estimate of drug-likeness (QED) is 0.614. The minimum absolute atomic E-state index is 0.235. The average molecular weight is 159 g/mol. The van der Waals surface area contributed by atoms with Crippen molar-refractivity contribution in [1.29, 1.82) is 0 Å². The summed E-state index contributed by atoms with van der Waals surface area (Å²) in [4.78, 5) is 12.8. The zero-order valence-corrected chi connectivity index (χ0v) is 7.28. The first-order valence-corrected chi connectivity index (χ1v) is 4.64. The molecular weight excluding hydrogens is 146 g/mol. The summed E-state index contributed by atoms with van der Waals surface area (Å²) in [5.41, 5.74) is 0. The van der Waals surface area contributed by atoms with Crippen LogP contribution in [-0.2, 0) is 0 Å². The maximum Gasteiger partial charge on any atom is 0.281 e. The largest absolute Gasteiger partial charge is 0.333 e. The van der Waals surface area contributed by atoms with Gasteiger partial charge in [0.2, 0.25) is 0 Å². The number of carbonyl (C=O) groups excluding carboxylic acids is 1. The van der Waals surface area contributed by atoms with E-state index in [2.05, 4.69) is 6.92 Å². The smallest absolute Gasteiger partial charge is 0.281 e. The molecule has 10 heavy (non-hydrogen) atoms. The van der Waals surface area contributed by atoms with E-state index in [1.807, 2.05) is 11.9 Å². The third kappa shape index (κ3) is 1.45. The summed E-state index contributed by atoms with van der Waals surface area (Å²) >= 11 is 1.44. The molecule has 1 heterocycles. The molecule has 58 valence electrons. The summed E-state index contributed by atoms with van der Waals surface area (Å²) < 4.78 is 0. The molecule has 1 unspecified atom stereocenters. The van der Waals surface area contributed by atoms with Crippen molar-refractivity contribution in [2.45, 2.75) is 25.8 Å². The third-order valence-electron chi connectivity index (χ3n) is 1.86. The summed E-state index contributed by atoms with van der Waals surface area (Å²) in [7, 11) is 1.89. The Balaban J connectivity index is 2.41. The van der Waals surface area contributed by atoms with Crippen LogP contribution in [0.3, 0.4) is 0 Å². The van der Waals surface area contributed by atoms with Crippen LogP contribution < -0.4 is 0 Å². The highest BCUT2D eigenvalue weighted by atomic mass is 32.2. The van der Waals surface area contributed by atoms with E-state index in [1.165, 1.54) is 18.2 Å². The lowest BCUT2D eigenvalue weighted by atomic mass is 10.2. The zero-order valence-electron chi connectivity index (χ0n) is 6.46. The normalized spacial score (nSPS) is 26.0. The van der Waals surface area contributed by atoms with Gasteiger partial charge < -0.3 is 4.90 Å². The fraction of sp³-hybridized carbons (Fsp3) is 0.857. The molecule has 1 amide bonds. The van der Waals surface area contributed by atoms with E-state index in [9.17, 15) is 4.79 Å². The van der Waals surface area contributed by atoms with Crippen LogP contribution in [0.25, 0.3) is 0 Å². The predicted molar refractivity (Wildman–Crippen MR) is 44.3 cm³/mol. The van der Waals surface area contributed by atoms with E-state index in [1.54, 1.807) is 0 Å². The molecule has 0 aliphatic carbocycles. The van der Waals surface area contributed by atoms with Crippen molar-refractivity contribution in [2.75, 3.05) is 12.8 Å². The maximum absolute atomic E-state index is 10.9. The molecule has 0 bridgehead atoms. The Hall–Kier alpha value is -0.180. The van der Waals surface area contributed by atoms with Crippen molar-refractivity contribution in [1.82, 2.24) is 4.90 Å². The monoisotopic (exact) mass is 159 g/mol. The molecule has 0 N–H and O–H groups in total. The SMILES string of the molecule is CCCC1CSC(=O)N1C. The number of nitrogens with zero attached hydrogens (tertiary/aromatic N) is 1. The molecule has 0 aromatic heterocycles. The van der Waals surface area contributed by atoms with E-state index in [0.717, 1.165) is 12.2 Å². The molecule has 1 rings (SSSR count). The van der Waals surface area contributed by atoms with Crippen molar-refractivity contribution in [3.8, 4) is 0 Å². The van der Waals surface area contributed by atoms with Crippen molar-refractivity contribution in [3.05, 3.63) is 0 Å². The van der Waals surface area contributed by atoms with Gasteiger partial charge in [-0.3, -0.25) is 4.79 Å². The summed E-state index contributed by atoms with van der Waals surface area (Å²) in [6.45, 7) is 2.15. The van der Waals surface area contributed by atoms with Gasteiger partial charge in [-0.05, 0) is 6.42 Å². The second-order valence-corrected chi connectivity index (χ2v) is 3.60. The standard InChI is InChI=1S/C7H13NOS/c1-3-4-6-5-10-7(9)8(6)2/h6H,3-5H2,1-2H3. The number of amides is 1. The highest BCUT2D eigenvalue weighted by Gasteiger charge is 2.27. The molecular formula is C7H13NOS. The first kappa shape index (κ1) is 7.92. The van der Waals surface area contributed by atoms with Gasteiger partial charge in [0, 0.05) is 18.8 Å². The maximum atomic E-state index is 10.9. The molecule has 0 radical (unpaired) electrons. The van der Waals surface area contributed by atoms with Crippen LogP contribution in [0, 0.1) is 0 Å². The van der Waals surface area contributed by atoms with Gasteiger partial charge in [0.25, 0.3) is 5.24 Å². The van der Waals surface area contributed by atoms with Crippen LogP contribution in [0.2, 0.25) is 0 Å². The van der Waals surface area contributed by atoms with Gasteiger partial charge in [-0.2, -0.15) is 0 Å². The second-order valence-electron chi connectivity index (χ2n) is 2.63. The first-order chi connectivity index (χ1) is 4.75. The van der Waals surface area contributed by atoms with E-state index in [4.69, 9.17) is 0 Å². The fourth-order valence-corrected chi connectivity index (χ4v) is 2.22. The molecule has 3 heteroatoms. The second kappa shape index (κ2) is 3.28. The Morgan fingerprint density at radius 2 is 2.50 bits per heavy atom. The molecule has 0 spiro atoms. The Labute approximate surface area is 66.0 Å². The summed E-state index contributed by atoms with van der Waals surface area (Å²) in [6.07, 6.45) is 2.32. The van der Waals surface area contributed by atoms with Gasteiger partial charge in [-0.25, -0.2) is 0 Å². The summed E-state index contributed by atoms with van der Waals surface area (Å²) in [5, 5.41) is 0.235. The van der Waals surface area contributed by atoms with E-state index >= 15 is 0 Å². The van der Waals surface area contributed by atoms with Crippen molar-refractivity contribution in [3.63, 3.8) is 0 Å². The molecule has 0 aromatic rings. The van der Waals surface area contributed by atoms with Crippen LogP contribution in [-0.4, -0.2) is 29.0 Å². The molecule has 0 saturated carbocycles. The average Bonchev–Trinajstić information content (AvgIpc) is 2.20. The van der Waals surface area contributed by atoms with Gasteiger partial charge in [-0.15, -0.1) is 0 Å². The highest BCUT2D eigenvalue weighted by Crippen LogP contribution is 2.24. The van der Waals surface area contributed by atoms with Crippen molar-refractivity contribution >= 4 is 17.0 Å². The van der Waals surface area contributed by atoms with Crippen molar-refractivity contribution in [2.24, 2.45) is 0 Å². The predicted octanol–water partition coefficient (Wildman–Crippen LogP) is 1.95. The Morgan fingerprint density at radius 3 is 2.90 bits per heavy atom. The Kier molecular flexibility index (Phi) is 2.60. The third-order valence-corrected chi connectivity index (χ3v) is 2.94. The van der Waals surface area contributed by atoms with Gasteiger partial charge in [-0.1, -0.05) is 25.1 Å². The minimum Gasteiger partial charge on any atom is -0.333 e. The van der Waals surface area contributed by atoms with Gasteiger partial charge in [0.1, 0.15) is 0 Å². The molecule has 2 nitrogen and oxygen atoms in total. The number of hydrogen-bond donors (Lipinski definition) is 0. The van der Waals surface area contributed by atoms with Crippen LogP contribution in [0.4, 0.5) is 4.79 Å². The minimum atomic E-state index is 0.235. The Bertz CT molecular complexity index is 138. The van der Waals surface area contributed by atoms with E-state index in [0.29, 0.717) is 6.04 Å². The van der Waals surface area contributed by atoms with E-state index in [-0.39, 0.29) is 5.24 Å². The zero-order chi connectivity index (χ0) is 7.56. The van der Waals surface area contributed by atoms with Crippen LogP contribution in [0.15, 0.2) is 0 Å². The number of carbonyl (C=O) groups is 1. The molecule has 1 fully saturated rings. The topological polar surface area (TPSA) is 20.3 Å². The highest BCUT2D eigenvalue weighted by molar-refractivity contribution is 8.13. The molecule has 1 saturated heterocycles. The van der Waals surface area contributed by atoms with Crippen LogP contribution in [0.5, 0.6) is 0 Å². The van der Waals surface area contributed by atoms with Crippen LogP contribution >= 0.6 is 11.8 Å². The molecule has 1 aliphatic rings. The van der Waals surface area contributed by atoms with Gasteiger partial charge in [0.05, 0.1) is 0 Å². The lowest BCUT2D eigenvalue weighted by Crippen LogP contribution is -2.28. The number of hydrogen-bond acceptors (Lipinski definition) is 2.